The first-order valence-corrected chi connectivity index (χ1v) is 4.05. The standard InChI is InChI=1S/C4H2ClN5OS/c5-2-1-6-12-3(2)10-4(11)7-8-9-10/h1H,(H,7,9,11). The highest BCUT2D eigenvalue weighted by Crippen LogP contribution is 2.20. The zero-order valence-electron chi connectivity index (χ0n) is 5.56. The number of tetrazole rings is 1. The SMILES string of the molecule is O=c1[nH]nnn1-c1sncc1Cl. The molecule has 6 nitrogen and oxygen atoms in total. The van der Waals surface area contributed by atoms with Gasteiger partial charge in [0.05, 0.1) is 11.2 Å². The Kier molecular flexibility index (Phi) is 1.66. The van der Waals surface area contributed by atoms with Gasteiger partial charge in [-0.25, -0.2) is 9.89 Å². The predicted octanol–water partition coefficient (Wildman–Crippen LogP) is 0.0655. The molecule has 12 heavy (non-hydrogen) atoms. The maximum absolute atomic E-state index is 11.0. The van der Waals surface area contributed by atoms with Crippen LogP contribution in [0.4, 0.5) is 0 Å². The van der Waals surface area contributed by atoms with E-state index in [0.717, 1.165) is 16.2 Å². The average Bonchev–Trinajstić information content (AvgIpc) is 2.59. The van der Waals surface area contributed by atoms with Crippen molar-refractivity contribution in [2.75, 3.05) is 0 Å². The fourth-order valence-electron chi connectivity index (χ4n) is 0.692. The number of rotatable bonds is 1. The van der Waals surface area contributed by atoms with E-state index in [9.17, 15) is 4.79 Å². The summed E-state index contributed by atoms with van der Waals surface area (Å²) < 4.78 is 4.84. The van der Waals surface area contributed by atoms with Crippen molar-refractivity contribution >= 4 is 23.1 Å². The van der Waals surface area contributed by atoms with Crippen LogP contribution in [-0.4, -0.2) is 24.6 Å². The minimum atomic E-state index is -0.429. The van der Waals surface area contributed by atoms with E-state index >= 15 is 0 Å². The molecule has 0 spiro atoms. The third-order valence-electron chi connectivity index (χ3n) is 1.17. The number of halogens is 1. The van der Waals surface area contributed by atoms with Crippen LogP contribution in [0.2, 0.25) is 5.02 Å². The van der Waals surface area contributed by atoms with E-state index in [4.69, 9.17) is 11.6 Å². The molecule has 2 aromatic heterocycles. The third-order valence-corrected chi connectivity index (χ3v) is 2.34. The van der Waals surface area contributed by atoms with E-state index in [-0.39, 0.29) is 0 Å². The van der Waals surface area contributed by atoms with Gasteiger partial charge in [0, 0.05) is 0 Å². The Morgan fingerprint density at radius 2 is 2.50 bits per heavy atom. The van der Waals surface area contributed by atoms with Gasteiger partial charge in [-0.1, -0.05) is 11.6 Å². The lowest BCUT2D eigenvalue weighted by atomic mass is 10.7. The molecule has 0 bridgehead atoms. The van der Waals surface area contributed by atoms with E-state index < -0.39 is 5.69 Å². The molecule has 62 valence electrons. The molecule has 0 radical (unpaired) electrons. The first kappa shape index (κ1) is 7.44. The molecule has 0 aliphatic carbocycles. The summed E-state index contributed by atoms with van der Waals surface area (Å²) in [6, 6.07) is 0. The Balaban J connectivity index is 2.65. The van der Waals surface area contributed by atoms with Crippen molar-refractivity contribution < 1.29 is 0 Å². The summed E-state index contributed by atoms with van der Waals surface area (Å²) in [6.45, 7) is 0. The number of hydrogen-bond acceptors (Lipinski definition) is 5. The second-order valence-electron chi connectivity index (χ2n) is 1.90. The van der Waals surface area contributed by atoms with Crippen molar-refractivity contribution in [1.29, 1.82) is 0 Å². The minimum absolute atomic E-state index is 0.385. The van der Waals surface area contributed by atoms with E-state index in [0.29, 0.717) is 10.0 Å². The smallest absolute Gasteiger partial charge is 0.244 e. The van der Waals surface area contributed by atoms with E-state index in [2.05, 4.69) is 19.9 Å². The summed E-state index contributed by atoms with van der Waals surface area (Å²) in [4.78, 5) is 11.0. The fraction of sp³-hybridized carbons (Fsp3) is 0. The average molecular weight is 204 g/mol. The number of aromatic amines is 1. The van der Waals surface area contributed by atoms with Gasteiger partial charge in [-0.15, -0.1) is 4.68 Å². The van der Waals surface area contributed by atoms with Crippen LogP contribution in [0.15, 0.2) is 11.0 Å². The van der Waals surface area contributed by atoms with Crippen LogP contribution < -0.4 is 5.69 Å². The molecule has 1 N–H and O–H groups in total. The Hall–Kier alpha value is -1.21. The molecule has 2 heterocycles. The molecule has 0 aliphatic heterocycles. The fourth-order valence-corrected chi connectivity index (χ4v) is 1.58. The zero-order chi connectivity index (χ0) is 8.55. The highest BCUT2D eigenvalue weighted by molar-refractivity contribution is 7.09. The van der Waals surface area contributed by atoms with Crippen molar-refractivity contribution in [2.45, 2.75) is 0 Å². The summed E-state index contributed by atoms with van der Waals surface area (Å²) >= 11 is 6.79. The van der Waals surface area contributed by atoms with Crippen molar-refractivity contribution in [1.82, 2.24) is 24.6 Å². The van der Waals surface area contributed by atoms with Crippen LogP contribution in [-0.2, 0) is 0 Å². The molecule has 0 saturated carbocycles. The van der Waals surface area contributed by atoms with Crippen LogP contribution in [0.5, 0.6) is 0 Å². The second kappa shape index (κ2) is 2.68. The molecule has 0 aromatic carbocycles. The topological polar surface area (TPSA) is 76.5 Å². The maximum atomic E-state index is 11.0. The van der Waals surface area contributed by atoms with Crippen LogP contribution >= 0.6 is 23.1 Å². The molecule has 8 heteroatoms. The van der Waals surface area contributed by atoms with Crippen LogP contribution in [0.3, 0.4) is 0 Å². The summed E-state index contributed by atoms with van der Waals surface area (Å²) in [5, 5.41) is 9.82. The van der Waals surface area contributed by atoms with Crippen molar-refractivity contribution in [3.8, 4) is 5.00 Å². The summed E-state index contributed by atoms with van der Waals surface area (Å²) in [5.74, 6) is 0. The van der Waals surface area contributed by atoms with E-state index in [1.54, 1.807) is 0 Å². The van der Waals surface area contributed by atoms with Gasteiger partial charge in [0.2, 0.25) is 0 Å². The van der Waals surface area contributed by atoms with Gasteiger partial charge >= 0.3 is 5.69 Å². The normalized spacial score (nSPS) is 10.4. The molecule has 0 saturated heterocycles. The molecule has 2 aromatic rings. The quantitative estimate of drug-likeness (QED) is 0.712. The third kappa shape index (κ3) is 1.03. The molecule has 2 rings (SSSR count). The lowest BCUT2D eigenvalue weighted by Crippen LogP contribution is -2.14. The van der Waals surface area contributed by atoms with Gasteiger partial charge in [0.1, 0.15) is 0 Å². The predicted molar refractivity (Wildman–Crippen MR) is 42.7 cm³/mol. The van der Waals surface area contributed by atoms with Crippen molar-refractivity contribution in [2.24, 2.45) is 0 Å². The molecular weight excluding hydrogens is 202 g/mol. The van der Waals surface area contributed by atoms with E-state index in [1.807, 2.05) is 0 Å². The monoisotopic (exact) mass is 203 g/mol. The van der Waals surface area contributed by atoms with Crippen molar-refractivity contribution in [3.05, 3.63) is 21.7 Å². The van der Waals surface area contributed by atoms with Gasteiger partial charge in [-0.3, -0.25) is 0 Å². The summed E-state index contributed by atoms with van der Waals surface area (Å²) in [6.07, 6.45) is 1.45. The highest BCUT2D eigenvalue weighted by Gasteiger charge is 2.09. The number of nitrogens with one attached hydrogen (secondary N) is 1. The molecule has 0 atom stereocenters. The van der Waals surface area contributed by atoms with Gasteiger partial charge in [-0.05, 0) is 22.0 Å². The number of nitrogens with zero attached hydrogens (tertiary/aromatic N) is 4. The number of hydrogen-bond donors (Lipinski definition) is 1. The molecule has 0 amide bonds. The van der Waals surface area contributed by atoms with Gasteiger partial charge < -0.3 is 0 Å². The van der Waals surface area contributed by atoms with Crippen LogP contribution in [0.1, 0.15) is 0 Å². The first-order chi connectivity index (χ1) is 5.79. The molecular formula is C4H2ClN5OS. The van der Waals surface area contributed by atoms with E-state index in [1.165, 1.54) is 6.20 Å². The maximum Gasteiger partial charge on any atom is 0.366 e. The Morgan fingerprint density at radius 1 is 1.67 bits per heavy atom. The first-order valence-electron chi connectivity index (χ1n) is 2.90. The minimum Gasteiger partial charge on any atom is -0.244 e. The number of H-pyrrole nitrogens is 1. The van der Waals surface area contributed by atoms with Gasteiger partial charge in [-0.2, -0.15) is 4.37 Å². The van der Waals surface area contributed by atoms with Crippen LogP contribution in [0.25, 0.3) is 5.00 Å². The zero-order valence-corrected chi connectivity index (χ0v) is 7.13. The number of aromatic nitrogens is 5. The Morgan fingerprint density at radius 3 is 3.00 bits per heavy atom. The molecule has 0 unspecified atom stereocenters. The summed E-state index contributed by atoms with van der Waals surface area (Å²) in [5.41, 5.74) is -0.429. The van der Waals surface area contributed by atoms with Crippen molar-refractivity contribution in [3.63, 3.8) is 0 Å². The highest BCUT2D eigenvalue weighted by atomic mass is 35.5. The molecule has 0 aliphatic rings. The van der Waals surface area contributed by atoms with Gasteiger partial charge in [0.15, 0.2) is 5.00 Å². The lowest BCUT2D eigenvalue weighted by Gasteiger charge is -1.89. The summed E-state index contributed by atoms with van der Waals surface area (Å²) in [7, 11) is 0. The molecule has 0 fully saturated rings. The van der Waals surface area contributed by atoms with Crippen LogP contribution in [0, 0.1) is 0 Å². The Labute approximate surface area is 74.9 Å². The lowest BCUT2D eigenvalue weighted by molar-refractivity contribution is 0.790. The largest absolute Gasteiger partial charge is 0.366 e. The van der Waals surface area contributed by atoms with Gasteiger partial charge in [0.25, 0.3) is 0 Å². The Bertz CT molecular complexity index is 444. The second-order valence-corrected chi connectivity index (χ2v) is 3.08.